The first-order chi connectivity index (χ1) is 15.8. The van der Waals surface area contributed by atoms with E-state index in [0.717, 1.165) is 5.56 Å². The van der Waals surface area contributed by atoms with Crippen LogP contribution in [-0.4, -0.2) is 35.3 Å². The zero-order valence-electron chi connectivity index (χ0n) is 18.1. The third kappa shape index (κ3) is 3.95. The van der Waals surface area contributed by atoms with Gasteiger partial charge in [-0.05, 0) is 42.8 Å². The molecule has 0 N–H and O–H groups in total. The summed E-state index contributed by atoms with van der Waals surface area (Å²) in [4.78, 5) is 39.8. The van der Waals surface area contributed by atoms with Gasteiger partial charge in [0.25, 0.3) is 0 Å². The number of hydrogen-bond acceptors (Lipinski definition) is 5. The second kappa shape index (κ2) is 8.19. The number of likely N-dealkylation sites (tertiary alicyclic amines) is 1. The van der Waals surface area contributed by atoms with E-state index in [1.807, 2.05) is 13.0 Å². The monoisotopic (exact) mass is 463 g/mol. The molecule has 33 heavy (non-hydrogen) atoms. The van der Waals surface area contributed by atoms with Crippen molar-refractivity contribution in [3.05, 3.63) is 80.7 Å². The van der Waals surface area contributed by atoms with Crippen molar-refractivity contribution >= 4 is 40.3 Å². The molecule has 1 saturated heterocycles. The van der Waals surface area contributed by atoms with Crippen LogP contribution in [0.3, 0.4) is 0 Å². The summed E-state index contributed by atoms with van der Waals surface area (Å²) in [6.45, 7) is 2.80. The lowest BCUT2D eigenvalue weighted by Crippen LogP contribution is -2.52. The van der Waals surface area contributed by atoms with E-state index in [-0.39, 0.29) is 23.5 Å². The molecular weight excluding hydrogens is 442 g/mol. The first kappa shape index (κ1) is 21.5. The zero-order chi connectivity index (χ0) is 23.2. The standard InChI is InChI=1S/C26H22ClNO5/c1-16-12-23-19(13-20(16)27)21(29)14-26(33-23)8-10-28(11-9-26)24(30)7-6-17-15-32-22-5-3-2-4-18(22)25(17)31/h2-7,12-13,15H,8-11,14H2,1H3/b7-6+. The zero-order valence-corrected chi connectivity index (χ0v) is 18.9. The van der Waals surface area contributed by atoms with Crippen molar-refractivity contribution in [2.45, 2.75) is 31.8 Å². The Morgan fingerprint density at radius 1 is 1.15 bits per heavy atom. The fourth-order valence-corrected chi connectivity index (χ4v) is 4.67. The maximum atomic E-state index is 12.8. The van der Waals surface area contributed by atoms with Crippen LogP contribution in [0.4, 0.5) is 0 Å². The SMILES string of the molecule is Cc1cc2c(cc1Cl)C(=O)CC1(CCN(C(=O)/C=C/c3coc4ccccc4c3=O)CC1)O2. The second-order valence-corrected chi connectivity index (χ2v) is 9.06. The number of para-hydroxylation sites is 1. The van der Waals surface area contributed by atoms with E-state index in [1.165, 1.54) is 18.4 Å². The average Bonchev–Trinajstić information content (AvgIpc) is 2.80. The number of carbonyl (C=O) groups excluding carboxylic acids is 2. The van der Waals surface area contributed by atoms with Gasteiger partial charge in [-0.15, -0.1) is 0 Å². The molecule has 0 bridgehead atoms. The smallest absolute Gasteiger partial charge is 0.246 e. The molecule has 2 aliphatic rings. The molecule has 6 nitrogen and oxygen atoms in total. The highest BCUT2D eigenvalue weighted by Crippen LogP contribution is 2.41. The molecule has 1 fully saturated rings. The van der Waals surface area contributed by atoms with Crippen LogP contribution in [0.15, 0.2) is 57.9 Å². The Hall–Kier alpha value is -3.38. The van der Waals surface area contributed by atoms with Gasteiger partial charge in [0.1, 0.15) is 23.2 Å². The second-order valence-electron chi connectivity index (χ2n) is 8.66. The summed E-state index contributed by atoms with van der Waals surface area (Å²) in [6.07, 6.45) is 5.64. The molecule has 1 amide bonds. The number of hydrogen-bond donors (Lipinski definition) is 0. The van der Waals surface area contributed by atoms with Crippen molar-refractivity contribution in [1.29, 1.82) is 0 Å². The summed E-state index contributed by atoms with van der Waals surface area (Å²) in [5, 5.41) is 1.03. The number of carbonyl (C=O) groups is 2. The van der Waals surface area contributed by atoms with Crippen molar-refractivity contribution in [2.75, 3.05) is 13.1 Å². The Morgan fingerprint density at radius 3 is 2.70 bits per heavy atom. The molecule has 0 saturated carbocycles. The number of piperidine rings is 1. The van der Waals surface area contributed by atoms with Crippen LogP contribution in [0.2, 0.25) is 5.02 Å². The fourth-order valence-electron chi connectivity index (χ4n) is 4.50. The summed E-state index contributed by atoms with van der Waals surface area (Å²) in [5.41, 5.74) is 1.42. The van der Waals surface area contributed by atoms with Crippen LogP contribution < -0.4 is 10.2 Å². The lowest BCUT2D eigenvalue weighted by atomic mass is 9.82. The molecule has 7 heteroatoms. The maximum Gasteiger partial charge on any atom is 0.246 e. The first-order valence-electron chi connectivity index (χ1n) is 10.9. The van der Waals surface area contributed by atoms with Gasteiger partial charge in [0.05, 0.1) is 22.9 Å². The fraction of sp³-hybridized carbons (Fsp3) is 0.269. The van der Waals surface area contributed by atoms with E-state index in [9.17, 15) is 14.4 Å². The Bertz CT molecular complexity index is 1360. The lowest BCUT2D eigenvalue weighted by molar-refractivity contribution is -0.129. The highest BCUT2D eigenvalue weighted by Gasteiger charge is 2.43. The number of benzene rings is 2. The van der Waals surface area contributed by atoms with Crippen LogP contribution in [0, 0.1) is 6.92 Å². The minimum Gasteiger partial charge on any atom is -0.486 e. The number of Topliss-reactive ketones (excluding diaryl/α,β-unsaturated/α-hetero) is 1. The van der Waals surface area contributed by atoms with Crippen molar-refractivity contribution < 1.29 is 18.7 Å². The number of aryl methyl sites for hydroxylation is 1. The normalized spacial score (nSPS) is 17.4. The third-order valence-electron chi connectivity index (χ3n) is 6.47. The van der Waals surface area contributed by atoms with Gasteiger partial charge in [0.15, 0.2) is 11.2 Å². The van der Waals surface area contributed by atoms with Crippen LogP contribution in [0.25, 0.3) is 17.0 Å². The average molecular weight is 464 g/mol. The Balaban J connectivity index is 1.28. The van der Waals surface area contributed by atoms with Crippen LogP contribution >= 0.6 is 11.6 Å². The number of amides is 1. The van der Waals surface area contributed by atoms with E-state index in [1.54, 1.807) is 35.2 Å². The Morgan fingerprint density at radius 2 is 1.91 bits per heavy atom. The molecule has 3 heterocycles. The van der Waals surface area contributed by atoms with Gasteiger partial charge in [0, 0.05) is 37.0 Å². The predicted octanol–water partition coefficient (Wildman–Crippen LogP) is 4.79. The predicted molar refractivity (Wildman–Crippen MR) is 126 cm³/mol. The van der Waals surface area contributed by atoms with Gasteiger partial charge < -0.3 is 14.1 Å². The molecule has 168 valence electrons. The molecule has 0 atom stereocenters. The largest absolute Gasteiger partial charge is 0.486 e. The van der Waals surface area contributed by atoms with Crippen LogP contribution in [0.5, 0.6) is 5.75 Å². The van der Waals surface area contributed by atoms with Crippen LogP contribution in [-0.2, 0) is 4.79 Å². The number of nitrogens with zero attached hydrogens (tertiary/aromatic N) is 1. The van der Waals surface area contributed by atoms with Gasteiger partial charge in [-0.2, -0.15) is 0 Å². The molecule has 2 aliphatic heterocycles. The third-order valence-corrected chi connectivity index (χ3v) is 6.88. The van der Waals surface area contributed by atoms with Crippen LogP contribution in [0.1, 0.15) is 40.7 Å². The van der Waals surface area contributed by atoms with E-state index in [0.29, 0.717) is 58.8 Å². The quantitative estimate of drug-likeness (QED) is 0.510. The minimum atomic E-state index is -0.607. The molecule has 5 rings (SSSR count). The maximum absolute atomic E-state index is 12.8. The molecule has 1 spiro atoms. The van der Waals surface area contributed by atoms with Gasteiger partial charge in [-0.3, -0.25) is 14.4 Å². The number of halogens is 1. The molecule has 0 radical (unpaired) electrons. The van der Waals surface area contributed by atoms with E-state index in [2.05, 4.69) is 0 Å². The molecule has 0 aliphatic carbocycles. The number of ether oxygens (including phenoxy) is 1. The summed E-state index contributed by atoms with van der Waals surface area (Å²) in [5.74, 6) is 0.388. The first-order valence-corrected chi connectivity index (χ1v) is 11.2. The molecule has 1 aromatic heterocycles. The summed E-state index contributed by atoms with van der Waals surface area (Å²) >= 11 is 6.17. The number of ketones is 1. The molecule has 2 aromatic carbocycles. The van der Waals surface area contributed by atoms with Crippen molar-refractivity contribution in [1.82, 2.24) is 4.90 Å². The number of fused-ring (bicyclic) bond motifs is 2. The van der Waals surface area contributed by atoms with Gasteiger partial charge >= 0.3 is 0 Å². The Kier molecular flexibility index (Phi) is 5.33. The highest BCUT2D eigenvalue weighted by molar-refractivity contribution is 6.31. The van der Waals surface area contributed by atoms with Gasteiger partial charge in [-0.1, -0.05) is 23.7 Å². The topological polar surface area (TPSA) is 76.8 Å². The van der Waals surface area contributed by atoms with Crippen molar-refractivity contribution in [3.8, 4) is 5.75 Å². The minimum absolute atomic E-state index is 0.0147. The van der Waals surface area contributed by atoms with E-state index in [4.69, 9.17) is 20.8 Å². The molecule has 3 aromatic rings. The summed E-state index contributed by atoms with van der Waals surface area (Å²) in [7, 11) is 0. The highest BCUT2D eigenvalue weighted by atomic mass is 35.5. The van der Waals surface area contributed by atoms with E-state index < -0.39 is 5.60 Å². The summed E-state index contributed by atoms with van der Waals surface area (Å²) in [6, 6.07) is 10.5. The lowest BCUT2D eigenvalue weighted by Gasteiger charge is -2.43. The van der Waals surface area contributed by atoms with Crippen molar-refractivity contribution in [2.24, 2.45) is 0 Å². The Labute approximate surface area is 195 Å². The molecular formula is C26H22ClNO5. The van der Waals surface area contributed by atoms with Gasteiger partial charge in [-0.25, -0.2) is 0 Å². The van der Waals surface area contributed by atoms with Crippen molar-refractivity contribution in [3.63, 3.8) is 0 Å². The van der Waals surface area contributed by atoms with Gasteiger partial charge in [0.2, 0.25) is 5.91 Å². The van der Waals surface area contributed by atoms with E-state index >= 15 is 0 Å². The number of rotatable bonds is 2. The molecule has 0 unspecified atom stereocenters. The summed E-state index contributed by atoms with van der Waals surface area (Å²) < 4.78 is 11.8.